The first kappa shape index (κ1) is 8.92. The molecule has 14 heavy (non-hydrogen) atoms. The first-order valence-corrected chi connectivity index (χ1v) is 6.84. The Kier molecular flexibility index (Phi) is 1.54. The highest BCUT2D eigenvalue weighted by molar-refractivity contribution is 9.10. The van der Waals surface area contributed by atoms with Crippen LogP contribution in [0, 0.1) is 5.92 Å². The fraction of sp³-hybridized carbons (Fsp3) is 0.400. The van der Waals surface area contributed by atoms with Gasteiger partial charge in [0.15, 0.2) is 9.84 Å². The van der Waals surface area contributed by atoms with E-state index in [1.54, 1.807) is 24.3 Å². The standard InChI is InChI=1S/C10H9BrO2S/c11-8-1-3-9(4-2-8)14(12,13)10-5-7(10)6-10/h1-4,7H,5-6H2. The molecule has 0 atom stereocenters. The first-order chi connectivity index (χ1) is 6.56. The van der Waals surface area contributed by atoms with Crippen molar-refractivity contribution >= 4 is 25.8 Å². The summed E-state index contributed by atoms with van der Waals surface area (Å²) in [6, 6.07) is 6.93. The van der Waals surface area contributed by atoms with Gasteiger partial charge in [0.25, 0.3) is 0 Å². The van der Waals surface area contributed by atoms with Gasteiger partial charge in [-0.2, -0.15) is 0 Å². The predicted molar refractivity (Wildman–Crippen MR) is 56.8 cm³/mol. The van der Waals surface area contributed by atoms with E-state index in [1.807, 2.05) is 0 Å². The molecule has 74 valence electrons. The van der Waals surface area contributed by atoms with Crippen molar-refractivity contribution in [3.05, 3.63) is 28.7 Å². The molecule has 0 heterocycles. The van der Waals surface area contributed by atoms with Crippen LogP contribution in [-0.4, -0.2) is 13.2 Å². The van der Waals surface area contributed by atoms with Crippen molar-refractivity contribution in [2.24, 2.45) is 5.92 Å². The summed E-state index contributed by atoms with van der Waals surface area (Å²) in [5, 5.41) is 0. The maximum absolute atomic E-state index is 12.1. The molecule has 1 aromatic rings. The quantitative estimate of drug-likeness (QED) is 0.829. The van der Waals surface area contributed by atoms with E-state index in [0.717, 1.165) is 17.3 Å². The lowest BCUT2D eigenvalue weighted by atomic mass is 10.4. The van der Waals surface area contributed by atoms with E-state index in [4.69, 9.17) is 0 Å². The van der Waals surface area contributed by atoms with Gasteiger partial charge in [-0.05, 0) is 43.0 Å². The first-order valence-electron chi connectivity index (χ1n) is 4.56. The lowest BCUT2D eigenvalue weighted by molar-refractivity contribution is 0.587. The molecule has 0 bridgehead atoms. The summed E-state index contributed by atoms with van der Waals surface area (Å²) in [6.45, 7) is 0. The number of fused-ring (bicyclic) bond motifs is 1. The molecule has 2 fully saturated rings. The molecular weight excluding hydrogens is 264 g/mol. The molecule has 0 unspecified atom stereocenters. The van der Waals surface area contributed by atoms with Crippen molar-refractivity contribution in [3.8, 4) is 0 Å². The largest absolute Gasteiger partial charge is 0.223 e. The van der Waals surface area contributed by atoms with Crippen LogP contribution >= 0.6 is 15.9 Å². The van der Waals surface area contributed by atoms with Gasteiger partial charge in [-0.25, -0.2) is 8.42 Å². The molecule has 0 spiro atoms. The summed E-state index contributed by atoms with van der Waals surface area (Å²) in [6.07, 6.45) is 1.76. The lowest BCUT2D eigenvalue weighted by Crippen LogP contribution is -2.13. The number of hydrogen-bond donors (Lipinski definition) is 0. The highest BCUT2D eigenvalue weighted by Gasteiger charge is 2.77. The van der Waals surface area contributed by atoms with Crippen LogP contribution in [0.1, 0.15) is 12.8 Å². The average Bonchev–Trinajstić information content (AvgIpc) is 2.90. The molecule has 4 heteroatoms. The van der Waals surface area contributed by atoms with Crippen LogP contribution < -0.4 is 0 Å². The molecular formula is C10H9BrO2S. The average molecular weight is 273 g/mol. The second kappa shape index (κ2) is 2.42. The third-order valence-corrected chi connectivity index (χ3v) is 6.43. The van der Waals surface area contributed by atoms with Crippen molar-refractivity contribution < 1.29 is 8.42 Å². The summed E-state index contributed by atoms with van der Waals surface area (Å²) in [7, 11) is -3.03. The molecule has 2 aliphatic carbocycles. The van der Waals surface area contributed by atoms with Crippen LogP contribution in [0.4, 0.5) is 0 Å². The molecule has 1 aromatic carbocycles. The number of benzene rings is 1. The van der Waals surface area contributed by atoms with Gasteiger partial charge < -0.3 is 0 Å². The van der Waals surface area contributed by atoms with Gasteiger partial charge in [-0.3, -0.25) is 0 Å². The van der Waals surface area contributed by atoms with Gasteiger partial charge in [-0.15, -0.1) is 0 Å². The Bertz CT molecular complexity index is 483. The van der Waals surface area contributed by atoms with E-state index in [2.05, 4.69) is 15.9 Å². The van der Waals surface area contributed by atoms with Crippen molar-refractivity contribution in [1.29, 1.82) is 0 Å². The van der Waals surface area contributed by atoms with Crippen LogP contribution in [0.3, 0.4) is 0 Å². The van der Waals surface area contributed by atoms with Crippen molar-refractivity contribution in [1.82, 2.24) is 0 Å². The SMILES string of the molecule is O=S(=O)(c1ccc(Br)cc1)C12CC1C2. The summed E-state index contributed by atoms with van der Waals surface area (Å²) < 4.78 is 24.7. The summed E-state index contributed by atoms with van der Waals surface area (Å²) in [4.78, 5) is 0.473. The van der Waals surface area contributed by atoms with Crippen molar-refractivity contribution in [3.63, 3.8) is 0 Å². The van der Waals surface area contributed by atoms with E-state index >= 15 is 0 Å². The Morgan fingerprint density at radius 2 is 1.71 bits per heavy atom. The third-order valence-electron chi connectivity index (χ3n) is 3.27. The third kappa shape index (κ3) is 0.984. The van der Waals surface area contributed by atoms with Crippen LogP contribution in [0.5, 0.6) is 0 Å². The topological polar surface area (TPSA) is 34.1 Å². The zero-order chi connectivity index (χ0) is 9.97. The molecule has 0 saturated heterocycles. The molecule has 2 saturated carbocycles. The van der Waals surface area contributed by atoms with E-state index in [-0.39, 0.29) is 4.75 Å². The van der Waals surface area contributed by atoms with Crippen LogP contribution in [-0.2, 0) is 9.84 Å². The Morgan fingerprint density at radius 3 is 2.14 bits per heavy atom. The molecule has 0 amide bonds. The number of halogens is 1. The number of rotatable bonds is 2. The molecule has 0 aromatic heterocycles. The fourth-order valence-electron chi connectivity index (χ4n) is 1.94. The van der Waals surface area contributed by atoms with Gasteiger partial charge in [-0.1, -0.05) is 15.9 Å². The van der Waals surface area contributed by atoms with Crippen LogP contribution in [0.2, 0.25) is 0 Å². The molecule has 0 aliphatic heterocycles. The highest BCUT2D eigenvalue weighted by Crippen LogP contribution is 2.73. The molecule has 2 aliphatic rings. The number of hydrogen-bond acceptors (Lipinski definition) is 2. The summed E-state index contributed by atoms with van der Waals surface area (Å²) in [5.74, 6) is 0.469. The minimum Gasteiger partial charge on any atom is -0.223 e. The van der Waals surface area contributed by atoms with E-state index < -0.39 is 9.84 Å². The Labute approximate surface area is 91.4 Å². The zero-order valence-corrected chi connectivity index (χ0v) is 9.81. The van der Waals surface area contributed by atoms with E-state index in [1.165, 1.54) is 0 Å². The van der Waals surface area contributed by atoms with Gasteiger partial charge in [0.1, 0.15) is 0 Å². The number of sulfone groups is 1. The monoisotopic (exact) mass is 272 g/mol. The highest BCUT2D eigenvalue weighted by atomic mass is 79.9. The van der Waals surface area contributed by atoms with Crippen LogP contribution in [0.25, 0.3) is 0 Å². The summed E-state index contributed by atoms with van der Waals surface area (Å²) >= 11 is 3.29. The second-order valence-electron chi connectivity index (χ2n) is 4.13. The molecule has 3 rings (SSSR count). The Balaban J connectivity index is 2.06. The van der Waals surface area contributed by atoms with E-state index in [9.17, 15) is 8.42 Å². The Morgan fingerprint density at radius 1 is 1.21 bits per heavy atom. The predicted octanol–water partition coefficient (Wildman–Crippen LogP) is 2.39. The van der Waals surface area contributed by atoms with Gasteiger partial charge >= 0.3 is 0 Å². The Hall–Kier alpha value is -0.350. The lowest BCUT2D eigenvalue weighted by Gasteiger charge is -2.06. The smallest absolute Gasteiger partial charge is 0.184 e. The normalized spacial score (nSPS) is 33.6. The van der Waals surface area contributed by atoms with Gasteiger partial charge in [0.05, 0.1) is 9.64 Å². The van der Waals surface area contributed by atoms with Crippen molar-refractivity contribution in [2.45, 2.75) is 22.5 Å². The maximum atomic E-state index is 12.1. The van der Waals surface area contributed by atoms with E-state index in [0.29, 0.717) is 10.8 Å². The molecule has 2 nitrogen and oxygen atoms in total. The fourth-order valence-corrected chi connectivity index (χ4v) is 4.45. The minimum absolute atomic E-state index is 0.333. The maximum Gasteiger partial charge on any atom is 0.184 e. The van der Waals surface area contributed by atoms with Gasteiger partial charge in [0, 0.05) is 4.47 Å². The minimum atomic E-state index is -3.03. The second-order valence-corrected chi connectivity index (χ2v) is 7.33. The van der Waals surface area contributed by atoms with Crippen molar-refractivity contribution in [2.75, 3.05) is 0 Å². The zero-order valence-electron chi connectivity index (χ0n) is 7.40. The molecule has 0 N–H and O–H groups in total. The summed E-state index contributed by atoms with van der Waals surface area (Å²) in [5.41, 5.74) is 0. The molecule has 0 radical (unpaired) electrons. The van der Waals surface area contributed by atoms with Gasteiger partial charge in [0.2, 0.25) is 0 Å². The van der Waals surface area contributed by atoms with Crippen LogP contribution in [0.15, 0.2) is 33.6 Å².